The molecule has 0 unspecified atom stereocenters. The number of rotatable bonds is 7. The second-order valence-electron chi connectivity index (χ2n) is 6.02. The highest BCUT2D eigenvalue weighted by Gasteiger charge is 2.23. The van der Waals surface area contributed by atoms with Crippen LogP contribution >= 0.6 is 11.3 Å². The zero-order chi connectivity index (χ0) is 21.6. The molecule has 8 nitrogen and oxygen atoms in total. The molecule has 1 heterocycles. The minimum atomic E-state index is -0.514. The van der Waals surface area contributed by atoms with Crippen LogP contribution in [0.3, 0.4) is 0 Å². The summed E-state index contributed by atoms with van der Waals surface area (Å²) in [6, 6.07) is 7.91. The Labute approximate surface area is 172 Å². The number of amides is 2. The van der Waals surface area contributed by atoms with E-state index in [9.17, 15) is 25.0 Å². The summed E-state index contributed by atoms with van der Waals surface area (Å²) < 4.78 is 0. The molecule has 0 atom stereocenters. The molecule has 0 radical (unpaired) electrons. The predicted molar refractivity (Wildman–Crippen MR) is 112 cm³/mol. The van der Waals surface area contributed by atoms with Crippen LogP contribution < -0.4 is 5.32 Å². The lowest BCUT2D eigenvalue weighted by Gasteiger charge is -2.17. The van der Waals surface area contributed by atoms with Crippen LogP contribution in [0.15, 0.2) is 30.3 Å². The smallest absolute Gasteiger partial charge is 0.270 e. The van der Waals surface area contributed by atoms with Crippen LogP contribution in [0.1, 0.15) is 40.2 Å². The van der Waals surface area contributed by atoms with Crippen molar-refractivity contribution in [1.29, 1.82) is 5.26 Å². The average Bonchev–Trinajstić information content (AvgIpc) is 3.02. The molecular weight excluding hydrogens is 392 g/mol. The zero-order valence-electron chi connectivity index (χ0n) is 16.3. The van der Waals surface area contributed by atoms with Gasteiger partial charge in [0.05, 0.1) is 15.4 Å². The number of nitrogens with one attached hydrogen (secondary N) is 1. The third kappa shape index (κ3) is 5.06. The third-order valence-electron chi connectivity index (χ3n) is 4.25. The molecule has 9 heteroatoms. The minimum absolute atomic E-state index is 0.0761. The van der Waals surface area contributed by atoms with Gasteiger partial charge in [-0.25, -0.2) is 0 Å². The number of nitrogens with zero attached hydrogens (tertiary/aromatic N) is 3. The van der Waals surface area contributed by atoms with Crippen molar-refractivity contribution in [3.8, 4) is 6.07 Å². The zero-order valence-corrected chi connectivity index (χ0v) is 17.1. The fourth-order valence-corrected chi connectivity index (χ4v) is 3.79. The second kappa shape index (κ2) is 9.61. The van der Waals surface area contributed by atoms with Crippen molar-refractivity contribution < 1.29 is 14.5 Å². The van der Waals surface area contributed by atoms with Gasteiger partial charge in [0.2, 0.25) is 5.91 Å². The molecule has 2 amide bonds. The van der Waals surface area contributed by atoms with E-state index in [0.29, 0.717) is 34.1 Å². The summed E-state index contributed by atoms with van der Waals surface area (Å²) in [5, 5.41) is 23.2. The van der Waals surface area contributed by atoms with E-state index < -0.39 is 10.8 Å². The number of nitro benzene ring substituents is 1. The molecule has 0 saturated heterocycles. The molecule has 1 aromatic heterocycles. The van der Waals surface area contributed by atoms with E-state index in [1.807, 2.05) is 19.9 Å². The van der Waals surface area contributed by atoms with Crippen LogP contribution in [0, 0.1) is 28.4 Å². The summed E-state index contributed by atoms with van der Waals surface area (Å²) in [5.41, 5.74) is 1.21. The molecule has 0 bridgehead atoms. The highest BCUT2D eigenvalue weighted by atomic mass is 32.1. The highest BCUT2D eigenvalue weighted by Crippen LogP contribution is 2.33. The van der Waals surface area contributed by atoms with Crippen LogP contribution in [-0.2, 0) is 4.79 Å². The van der Waals surface area contributed by atoms with Crippen molar-refractivity contribution in [2.75, 3.05) is 18.4 Å². The van der Waals surface area contributed by atoms with Gasteiger partial charge in [-0.15, -0.1) is 11.3 Å². The summed E-state index contributed by atoms with van der Waals surface area (Å²) in [6.45, 7) is 6.51. The van der Waals surface area contributed by atoms with Gasteiger partial charge in [0, 0.05) is 31.3 Å². The molecular formula is C20H20N4O4S. The molecule has 150 valence electrons. The fraction of sp³-hybridized carbons (Fsp3) is 0.250. The lowest BCUT2D eigenvalue weighted by molar-refractivity contribution is -0.384. The van der Waals surface area contributed by atoms with Crippen molar-refractivity contribution >= 4 is 39.9 Å². The summed E-state index contributed by atoms with van der Waals surface area (Å²) >= 11 is 1.07. The Kier molecular flexibility index (Phi) is 7.22. The molecule has 0 aliphatic rings. The van der Waals surface area contributed by atoms with Gasteiger partial charge in [0.25, 0.3) is 11.6 Å². The monoisotopic (exact) mass is 412 g/mol. The summed E-state index contributed by atoms with van der Waals surface area (Å²) in [5.74, 6) is -0.683. The van der Waals surface area contributed by atoms with Gasteiger partial charge in [-0.1, -0.05) is 12.1 Å². The molecule has 0 saturated carbocycles. The number of anilines is 1. The van der Waals surface area contributed by atoms with Crippen molar-refractivity contribution in [3.05, 3.63) is 62.0 Å². The Morgan fingerprint density at radius 1 is 1.34 bits per heavy atom. The van der Waals surface area contributed by atoms with Crippen molar-refractivity contribution in [1.82, 2.24) is 4.90 Å². The van der Waals surface area contributed by atoms with E-state index in [1.165, 1.54) is 30.4 Å². The Morgan fingerprint density at radius 3 is 2.62 bits per heavy atom. The first-order valence-electron chi connectivity index (χ1n) is 8.88. The van der Waals surface area contributed by atoms with Gasteiger partial charge in [0.1, 0.15) is 11.1 Å². The molecule has 0 fully saturated rings. The number of nitriles is 1. The highest BCUT2D eigenvalue weighted by molar-refractivity contribution is 7.18. The van der Waals surface area contributed by atoms with Gasteiger partial charge in [-0.05, 0) is 38.0 Å². The van der Waals surface area contributed by atoms with Crippen LogP contribution in [0.4, 0.5) is 10.7 Å². The maximum Gasteiger partial charge on any atom is 0.270 e. The Bertz CT molecular complexity index is 1020. The van der Waals surface area contributed by atoms with Crippen molar-refractivity contribution in [3.63, 3.8) is 0 Å². The molecule has 0 aliphatic carbocycles. The Morgan fingerprint density at radius 2 is 2.03 bits per heavy atom. The molecule has 0 spiro atoms. The fourth-order valence-electron chi connectivity index (χ4n) is 2.66. The third-order valence-corrected chi connectivity index (χ3v) is 5.44. The standard InChI is InChI=1S/C20H20N4O4S/c1-4-23(5-2)20(26)18-13(3)16(12-21)19(29-18)22-17(25)10-9-14-7-6-8-15(11-14)24(27)28/h6-11H,4-5H2,1-3H3,(H,22,25)/b10-9+. The number of thiophene rings is 1. The van der Waals surface area contributed by atoms with Gasteiger partial charge in [-0.2, -0.15) is 5.26 Å². The lowest BCUT2D eigenvalue weighted by atomic mass is 10.1. The van der Waals surface area contributed by atoms with Gasteiger partial charge >= 0.3 is 0 Å². The van der Waals surface area contributed by atoms with Crippen LogP contribution in [0.5, 0.6) is 0 Å². The Balaban J connectivity index is 2.23. The van der Waals surface area contributed by atoms with E-state index in [1.54, 1.807) is 17.9 Å². The van der Waals surface area contributed by atoms with Gasteiger partial charge in [-0.3, -0.25) is 19.7 Å². The first kappa shape index (κ1) is 21.8. The van der Waals surface area contributed by atoms with Crippen LogP contribution in [0.25, 0.3) is 6.08 Å². The van der Waals surface area contributed by atoms with E-state index in [-0.39, 0.29) is 17.2 Å². The second-order valence-corrected chi connectivity index (χ2v) is 7.04. The lowest BCUT2D eigenvalue weighted by Crippen LogP contribution is -2.30. The van der Waals surface area contributed by atoms with Crippen molar-refractivity contribution in [2.45, 2.75) is 20.8 Å². The van der Waals surface area contributed by atoms with Crippen LogP contribution in [0.2, 0.25) is 0 Å². The van der Waals surface area contributed by atoms with E-state index in [4.69, 9.17) is 0 Å². The molecule has 2 rings (SSSR count). The normalized spacial score (nSPS) is 10.6. The first-order valence-corrected chi connectivity index (χ1v) is 9.70. The van der Waals surface area contributed by atoms with Crippen LogP contribution in [-0.4, -0.2) is 34.7 Å². The summed E-state index contributed by atoms with van der Waals surface area (Å²) in [6.07, 6.45) is 2.66. The first-order chi connectivity index (χ1) is 13.8. The maximum absolute atomic E-state index is 12.6. The molecule has 0 aliphatic heterocycles. The van der Waals surface area contributed by atoms with E-state index >= 15 is 0 Å². The molecule has 1 aromatic carbocycles. The summed E-state index contributed by atoms with van der Waals surface area (Å²) in [4.78, 5) is 37.3. The van der Waals surface area contributed by atoms with Gasteiger partial charge < -0.3 is 10.2 Å². The van der Waals surface area contributed by atoms with E-state index in [2.05, 4.69) is 5.32 Å². The quantitative estimate of drug-likeness (QED) is 0.419. The summed E-state index contributed by atoms with van der Waals surface area (Å²) in [7, 11) is 0. The average molecular weight is 412 g/mol. The minimum Gasteiger partial charge on any atom is -0.338 e. The number of hydrogen-bond donors (Lipinski definition) is 1. The van der Waals surface area contributed by atoms with E-state index in [0.717, 1.165) is 11.3 Å². The SMILES string of the molecule is CCN(CC)C(=O)c1sc(NC(=O)/C=C/c2cccc([N+](=O)[O-])c2)c(C#N)c1C. The number of non-ortho nitro benzene ring substituents is 1. The van der Waals surface area contributed by atoms with Gasteiger partial charge in [0.15, 0.2) is 0 Å². The number of carbonyl (C=O) groups is 2. The van der Waals surface area contributed by atoms with Crippen molar-refractivity contribution in [2.24, 2.45) is 0 Å². The number of carbonyl (C=O) groups excluding carboxylic acids is 2. The number of benzene rings is 1. The topological polar surface area (TPSA) is 116 Å². The number of nitro groups is 1. The predicted octanol–water partition coefficient (Wildman–Crippen LogP) is 3.97. The molecule has 2 aromatic rings. The number of hydrogen-bond acceptors (Lipinski definition) is 6. The maximum atomic E-state index is 12.6. The molecule has 29 heavy (non-hydrogen) atoms. The molecule has 1 N–H and O–H groups in total. The Hall–Kier alpha value is -3.51. The largest absolute Gasteiger partial charge is 0.338 e.